The van der Waals surface area contributed by atoms with Crippen LogP contribution in [0.4, 0.5) is 5.13 Å². The summed E-state index contributed by atoms with van der Waals surface area (Å²) in [6, 6.07) is 18.6. The highest BCUT2D eigenvalue weighted by Crippen LogP contribution is 2.46. The van der Waals surface area contributed by atoms with Crippen molar-refractivity contribution in [3.05, 3.63) is 83.4 Å². The molecule has 1 N–H and O–H groups in total. The van der Waals surface area contributed by atoms with E-state index in [1.54, 1.807) is 49.6 Å². The van der Waals surface area contributed by atoms with Gasteiger partial charge in [-0.2, -0.15) is 0 Å². The Kier molecular flexibility index (Phi) is 8.26. The van der Waals surface area contributed by atoms with Gasteiger partial charge in [0.05, 0.1) is 42.2 Å². The van der Waals surface area contributed by atoms with Crippen LogP contribution in [-0.2, 0) is 9.59 Å². The van der Waals surface area contributed by atoms with E-state index < -0.39 is 17.7 Å². The molecule has 5 rings (SSSR count). The predicted molar refractivity (Wildman–Crippen MR) is 160 cm³/mol. The zero-order chi connectivity index (χ0) is 29.1. The molecular formula is C32H32N2O6S. The number of carbonyl (C=O) groups excluding carboxylic acids is 2. The van der Waals surface area contributed by atoms with Crippen LogP contribution >= 0.6 is 11.3 Å². The lowest BCUT2D eigenvalue weighted by molar-refractivity contribution is -0.132. The van der Waals surface area contributed by atoms with Gasteiger partial charge in [-0.3, -0.25) is 14.5 Å². The molecule has 0 radical (unpaired) electrons. The van der Waals surface area contributed by atoms with Crippen molar-refractivity contribution in [3.63, 3.8) is 0 Å². The number of aliphatic hydroxyl groups excluding tert-OH is 1. The molecule has 1 atom stereocenters. The lowest BCUT2D eigenvalue weighted by atomic mass is 9.95. The fraction of sp³-hybridized carbons (Fsp3) is 0.281. The Morgan fingerprint density at radius 1 is 1.02 bits per heavy atom. The second-order valence-electron chi connectivity index (χ2n) is 10.0. The molecule has 0 aliphatic carbocycles. The number of hydrogen-bond acceptors (Lipinski definition) is 8. The van der Waals surface area contributed by atoms with Crippen molar-refractivity contribution in [2.24, 2.45) is 5.92 Å². The van der Waals surface area contributed by atoms with Gasteiger partial charge >= 0.3 is 5.91 Å². The highest BCUT2D eigenvalue weighted by molar-refractivity contribution is 7.22. The average molecular weight is 573 g/mol. The number of anilines is 1. The summed E-state index contributed by atoms with van der Waals surface area (Å²) < 4.78 is 18.0. The Labute approximate surface area is 242 Å². The number of nitrogens with zero attached hydrogens (tertiary/aromatic N) is 2. The predicted octanol–water partition coefficient (Wildman–Crippen LogP) is 6.75. The zero-order valence-corrected chi connectivity index (χ0v) is 24.2. The molecule has 0 spiro atoms. The number of carbonyl (C=O) groups is 2. The van der Waals surface area contributed by atoms with E-state index in [1.807, 2.05) is 31.2 Å². The molecule has 9 heteroatoms. The van der Waals surface area contributed by atoms with Crippen molar-refractivity contribution in [3.8, 4) is 17.2 Å². The fourth-order valence-electron chi connectivity index (χ4n) is 4.73. The summed E-state index contributed by atoms with van der Waals surface area (Å²) in [5, 5.41) is 11.7. The van der Waals surface area contributed by atoms with Crippen LogP contribution in [-0.4, -0.2) is 42.1 Å². The van der Waals surface area contributed by atoms with Gasteiger partial charge < -0.3 is 19.3 Å². The van der Waals surface area contributed by atoms with E-state index in [-0.39, 0.29) is 11.3 Å². The largest absolute Gasteiger partial charge is 0.507 e. The summed E-state index contributed by atoms with van der Waals surface area (Å²) in [6.07, 6.45) is 0.880. The van der Waals surface area contributed by atoms with Crippen LogP contribution < -0.4 is 19.1 Å². The molecule has 1 saturated heterocycles. The smallest absolute Gasteiger partial charge is 0.301 e. The maximum atomic E-state index is 13.6. The number of thiazole rings is 1. The molecule has 0 saturated carbocycles. The normalized spacial score (nSPS) is 16.5. The minimum absolute atomic E-state index is 0.0222. The minimum atomic E-state index is -0.944. The summed E-state index contributed by atoms with van der Waals surface area (Å²) in [4.78, 5) is 33.2. The first-order chi connectivity index (χ1) is 19.8. The third-order valence-corrected chi connectivity index (χ3v) is 7.83. The van der Waals surface area contributed by atoms with Gasteiger partial charge in [0.15, 0.2) is 16.6 Å². The lowest BCUT2D eigenvalue weighted by Crippen LogP contribution is -2.29. The van der Waals surface area contributed by atoms with Crippen molar-refractivity contribution >= 4 is 44.1 Å². The number of ether oxygens (including phenoxy) is 3. The van der Waals surface area contributed by atoms with Crippen molar-refractivity contribution in [1.82, 2.24) is 4.98 Å². The first-order valence-electron chi connectivity index (χ1n) is 13.5. The van der Waals surface area contributed by atoms with Crippen molar-refractivity contribution in [2.75, 3.05) is 25.2 Å². The average Bonchev–Trinajstić information content (AvgIpc) is 3.50. The maximum Gasteiger partial charge on any atom is 0.301 e. The third-order valence-electron chi connectivity index (χ3n) is 6.81. The molecule has 212 valence electrons. The highest BCUT2D eigenvalue weighted by atomic mass is 32.1. The van der Waals surface area contributed by atoms with Crippen LogP contribution in [0.1, 0.15) is 44.4 Å². The third kappa shape index (κ3) is 5.63. The Bertz CT molecular complexity index is 1610. The van der Waals surface area contributed by atoms with Crippen molar-refractivity contribution in [1.29, 1.82) is 0 Å². The number of rotatable bonds is 10. The number of fused-ring (bicyclic) bond motifs is 1. The van der Waals surface area contributed by atoms with E-state index >= 15 is 0 Å². The molecule has 2 heterocycles. The zero-order valence-electron chi connectivity index (χ0n) is 23.4. The van der Waals surface area contributed by atoms with Crippen molar-refractivity contribution < 1.29 is 28.9 Å². The topological polar surface area (TPSA) is 98.2 Å². The summed E-state index contributed by atoms with van der Waals surface area (Å²) in [7, 11) is 1.54. The molecule has 1 unspecified atom stereocenters. The van der Waals surface area contributed by atoms with Gasteiger partial charge in [0, 0.05) is 5.56 Å². The lowest BCUT2D eigenvalue weighted by Gasteiger charge is -2.24. The first-order valence-corrected chi connectivity index (χ1v) is 14.3. The number of aromatic nitrogens is 1. The molecular weight excluding hydrogens is 540 g/mol. The summed E-state index contributed by atoms with van der Waals surface area (Å²) in [5.41, 5.74) is 1.65. The molecule has 8 nitrogen and oxygen atoms in total. The van der Waals surface area contributed by atoms with Gasteiger partial charge in [0.25, 0.3) is 5.78 Å². The summed E-state index contributed by atoms with van der Waals surface area (Å²) in [6.45, 7) is 7.20. The van der Waals surface area contributed by atoms with E-state index in [1.165, 1.54) is 16.2 Å². The SMILES string of the molecule is CCOc1ccc2nc(N3C(=O)C(=O)C(=C(O)c4ccccc4)C3c3ccc(OCCC(C)C)c(OC)c3)sc2c1. The standard InChI is InChI=1S/C32H32N2O6S/c1-5-39-22-12-13-23-26(18-22)41-32(33-23)34-28(21-11-14-24(25(17-21)38-4)40-16-15-19(2)3)27(30(36)31(34)37)29(35)20-9-7-6-8-10-20/h6-14,17-19,28,35H,5,15-16H2,1-4H3. The van der Waals surface area contributed by atoms with Gasteiger partial charge in [-0.05, 0) is 55.2 Å². The molecule has 1 aliphatic rings. The van der Waals surface area contributed by atoms with Gasteiger partial charge in [0.2, 0.25) is 0 Å². The van der Waals surface area contributed by atoms with Crippen LogP contribution in [0.15, 0.2) is 72.3 Å². The van der Waals surface area contributed by atoms with Gasteiger partial charge in [-0.15, -0.1) is 0 Å². The van der Waals surface area contributed by atoms with Crippen molar-refractivity contribution in [2.45, 2.75) is 33.2 Å². The number of amides is 1. The molecule has 0 bridgehead atoms. The number of ketones is 1. The Hall–Kier alpha value is -4.37. The summed E-state index contributed by atoms with van der Waals surface area (Å²) in [5.74, 6) is 0.372. The minimum Gasteiger partial charge on any atom is -0.507 e. The molecule has 4 aromatic rings. The van der Waals surface area contributed by atoms with Crippen LogP contribution in [0, 0.1) is 5.92 Å². The fourth-order valence-corrected chi connectivity index (χ4v) is 5.75. The van der Waals surface area contributed by atoms with Crippen LogP contribution in [0.2, 0.25) is 0 Å². The van der Waals surface area contributed by atoms with Gasteiger partial charge in [0.1, 0.15) is 11.5 Å². The Balaban J connectivity index is 1.64. The van der Waals surface area contributed by atoms with Crippen LogP contribution in [0.5, 0.6) is 17.2 Å². The van der Waals surface area contributed by atoms with Crippen LogP contribution in [0.25, 0.3) is 16.0 Å². The van der Waals surface area contributed by atoms with Gasteiger partial charge in [-0.25, -0.2) is 4.98 Å². The quantitative estimate of drug-likeness (QED) is 0.127. The highest BCUT2D eigenvalue weighted by Gasteiger charge is 2.48. The van der Waals surface area contributed by atoms with E-state index in [0.717, 1.165) is 11.1 Å². The number of aliphatic hydroxyl groups is 1. The monoisotopic (exact) mass is 572 g/mol. The number of methoxy groups -OCH3 is 1. The second kappa shape index (κ2) is 12.0. The van der Waals surface area contributed by atoms with Crippen LogP contribution in [0.3, 0.4) is 0 Å². The molecule has 1 amide bonds. The van der Waals surface area contributed by atoms with E-state index in [9.17, 15) is 14.7 Å². The molecule has 1 fully saturated rings. The first kappa shape index (κ1) is 28.2. The van der Waals surface area contributed by atoms with E-state index in [0.29, 0.717) is 58.2 Å². The maximum absolute atomic E-state index is 13.6. The second-order valence-corrected chi connectivity index (χ2v) is 11.0. The molecule has 3 aromatic carbocycles. The summed E-state index contributed by atoms with van der Waals surface area (Å²) >= 11 is 1.28. The Morgan fingerprint density at radius 3 is 2.51 bits per heavy atom. The number of benzene rings is 3. The molecule has 41 heavy (non-hydrogen) atoms. The number of Topliss-reactive ketones (excluding diaryl/α,β-unsaturated/α-hetero) is 1. The molecule has 1 aliphatic heterocycles. The van der Waals surface area contributed by atoms with Gasteiger partial charge in [-0.1, -0.05) is 61.6 Å². The number of hydrogen-bond donors (Lipinski definition) is 1. The molecule has 1 aromatic heterocycles. The van der Waals surface area contributed by atoms with E-state index in [2.05, 4.69) is 13.8 Å². The Morgan fingerprint density at radius 2 is 1.80 bits per heavy atom. The van der Waals surface area contributed by atoms with E-state index in [4.69, 9.17) is 19.2 Å².